The van der Waals surface area contributed by atoms with Gasteiger partial charge >= 0.3 is 0 Å². The van der Waals surface area contributed by atoms with Gasteiger partial charge in [-0.15, -0.1) is 5.11 Å². The molecule has 4 aliphatic rings. The Morgan fingerprint density at radius 2 is 2.10 bits per heavy atom. The third-order valence-corrected chi connectivity index (χ3v) is 7.72. The summed E-state index contributed by atoms with van der Waals surface area (Å²) in [5.41, 5.74) is 0.345. The van der Waals surface area contributed by atoms with Crippen LogP contribution < -0.4 is 16.2 Å². The van der Waals surface area contributed by atoms with Gasteiger partial charge in [0.15, 0.2) is 0 Å². The van der Waals surface area contributed by atoms with Gasteiger partial charge in [-0.25, -0.2) is 4.68 Å². The lowest BCUT2D eigenvalue weighted by atomic mass is 9.45. The fourth-order valence-corrected chi connectivity index (χ4v) is 5.38. The number of anilines is 1. The summed E-state index contributed by atoms with van der Waals surface area (Å²) in [7, 11) is 0. The van der Waals surface area contributed by atoms with Crippen molar-refractivity contribution in [1.82, 2.24) is 15.1 Å². The monoisotopic (exact) mass is 446 g/mol. The Labute approximate surface area is 185 Å². The Morgan fingerprint density at radius 3 is 2.77 bits per heavy atom. The standard InChI is InChI=1S/C21H27ClN6O3/c1-11-14-6-13(21(14,2)3)7-15(11)26-16-9-25-28(20(31)18(16)22)10-17(29)23-8-12-4-5-24-27-19(12)30/h4-5,9,11-15,26H,6-8,10H2,1-3H3,(H,23,29)/t11-,12?,13+,14-,15-/m1/s1. The number of amides is 2. The number of nitrogens with one attached hydrogen (secondary N) is 2. The van der Waals surface area contributed by atoms with Crippen molar-refractivity contribution in [3.8, 4) is 0 Å². The van der Waals surface area contributed by atoms with Crippen LogP contribution in [0.3, 0.4) is 0 Å². The fraction of sp³-hybridized carbons (Fsp3) is 0.619. The minimum Gasteiger partial charge on any atom is -0.379 e. The zero-order valence-corrected chi connectivity index (χ0v) is 18.6. The van der Waals surface area contributed by atoms with E-state index in [2.05, 4.69) is 46.7 Å². The highest BCUT2D eigenvalue weighted by Gasteiger charge is 2.56. The molecule has 5 rings (SSSR count). The molecule has 2 bridgehead atoms. The summed E-state index contributed by atoms with van der Waals surface area (Å²) >= 11 is 6.33. The van der Waals surface area contributed by atoms with Crippen molar-refractivity contribution in [2.75, 3.05) is 11.9 Å². The predicted octanol–water partition coefficient (Wildman–Crippen LogP) is 2.62. The van der Waals surface area contributed by atoms with Crippen LogP contribution in [0, 0.1) is 29.1 Å². The van der Waals surface area contributed by atoms with Gasteiger partial charge in [-0.3, -0.25) is 14.4 Å². The molecule has 1 unspecified atom stereocenters. The fourth-order valence-electron chi connectivity index (χ4n) is 5.18. The minimum absolute atomic E-state index is 0.0271. The van der Waals surface area contributed by atoms with Crippen LogP contribution >= 0.6 is 11.6 Å². The van der Waals surface area contributed by atoms with E-state index in [1.807, 2.05) is 0 Å². The van der Waals surface area contributed by atoms with Crippen molar-refractivity contribution < 1.29 is 9.59 Å². The van der Waals surface area contributed by atoms with E-state index in [0.717, 1.165) is 11.1 Å². The molecule has 2 amide bonds. The molecule has 0 spiro atoms. The molecule has 9 nitrogen and oxygen atoms in total. The molecule has 3 fully saturated rings. The number of halogens is 1. The van der Waals surface area contributed by atoms with Gasteiger partial charge < -0.3 is 10.6 Å². The van der Waals surface area contributed by atoms with Crippen molar-refractivity contribution in [2.45, 2.75) is 46.2 Å². The minimum atomic E-state index is -0.560. The molecule has 0 radical (unpaired) electrons. The number of carbonyl (C=O) groups is 2. The van der Waals surface area contributed by atoms with E-state index in [4.69, 9.17) is 11.6 Å². The smallest absolute Gasteiger partial charge is 0.288 e. The van der Waals surface area contributed by atoms with E-state index in [1.54, 1.807) is 6.08 Å². The van der Waals surface area contributed by atoms with Crippen LogP contribution in [-0.4, -0.2) is 34.2 Å². The first-order valence-corrected chi connectivity index (χ1v) is 11.0. The summed E-state index contributed by atoms with van der Waals surface area (Å²) in [5.74, 6) is 0.379. The number of azo groups is 1. The molecule has 2 N–H and O–H groups in total. The van der Waals surface area contributed by atoms with E-state index in [0.29, 0.717) is 28.9 Å². The second-order valence-electron chi connectivity index (χ2n) is 9.35. The molecule has 31 heavy (non-hydrogen) atoms. The zero-order valence-electron chi connectivity index (χ0n) is 17.8. The summed E-state index contributed by atoms with van der Waals surface area (Å²) in [6, 6.07) is 0.243. The molecule has 2 heterocycles. The number of hydrogen-bond acceptors (Lipinski definition) is 6. The SMILES string of the molecule is C[C@@H]1[C@H]2C[C@@H](C[C@H]1Nc1cnn(CC(=O)NCC3C=CN=NC3=O)c(=O)c1Cl)C2(C)C. The second-order valence-corrected chi connectivity index (χ2v) is 9.72. The molecule has 5 atom stereocenters. The molecule has 0 aromatic carbocycles. The lowest BCUT2D eigenvalue weighted by Crippen LogP contribution is -2.58. The quantitative estimate of drug-likeness (QED) is 0.696. The largest absolute Gasteiger partial charge is 0.379 e. The first kappa shape index (κ1) is 21.7. The van der Waals surface area contributed by atoms with Crippen LogP contribution in [0.1, 0.15) is 33.6 Å². The Bertz CT molecular complexity index is 1020. The maximum atomic E-state index is 12.6. The summed E-state index contributed by atoms with van der Waals surface area (Å²) in [4.78, 5) is 36.4. The molecule has 3 aliphatic carbocycles. The van der Waals surface area contributed by atoms with Gasteiger partial charge in [0.2, 0.25) is 5.91 Å². The van der Waals surface area contributed by atoms with E-state index in [-0.39, 0.29) is 24.2 Å². The van der Waals surface area contributed by atoms with Crippen LogP contribution in [0.2, 0.25) is 5.02 Å². The summed E-state index contributed by atoms with van der Waals surface area (Å²) < 4.78 is 1.02. The first-order chi connectivity index (χ1) is 14.7. The van der Waals surface area contributed by atoms with Crippen LogP contribution in [0.4, 0.5) is 5.69 Å². The predicted molar refractivity (Wildman–Crippen MR) is 116 cm³/mol. The first-order valence-electron chi connectivity index (χ1n) is 10.6. The maximum absolute atomic E-state index is 12.6. The molecule has 166 valence electrons. The molecule has 10 heteroatoms. The van der Waals surface area contributed by atoms with Gasteiger partial charge in [-0.1, -0.05) is 32.4 Å². The summed E-state index contributed by atoms with van der Waals surface area (Å²) in [5, 5.41) is 17.1. The molecular weight excluding hydrogens is 420 g/mol. The van der Waals surface area contributed by atoms with E-state index >= 15 is 0 Å². The number of aromatic nitrogens is 2. The molecule has 1 aliphatic heterocycles. The van der Waals surface area contributed by atoms with Gasteiger partial charge in [-0.2, -0.15) is 10.2 Å². The van der Waals surface area contributed by atoms with E-state index in [1.165, 1.54) is 18.8 Å². The Morgan fingerprint density at radius 1 is 1.32 bits per heavy atom. The molecule has 1 aromatic heterocycles. The number of fused-ring (bicyclic) bond motifs is 2. The van der Waals surface area contributed by atoms with Crippen LogP contribution in [-0.2, 0) is 16.1 Å². The topological polar surface area (TPSA) is 118 Å². The number of nitrogens with zero attached hydrogens (tertiary/aromatic N) is 4. The van der Waals surface area contributed by atoms with Crippen molar-refractivity contribution >= 4 is 29.1 Å². The van der Waals surface area contributed by atoms with Crippen LogP contribution in [0.25, 0.3) is 0 Å². The average molecular weight is 447 g/mol. The van der Waals surface area contributed by atoms with Crippen molar-refractivity contribution in [1.29, 1.82) is 0 Å². The molecule has 3 saturated carbocycles. The Hall–Kier alpha value is -2.55. The van der Waals surface area contributed by atoms with Gasteiger partial charge in [0, 0.05) is 18.8 Å². The molecular formula is C21H27ClN6O3. The normalized spacial score (nSPS) is 30.6. The number of rotatable bonds is 6. The van der Waals surface area contributed by atoms with E-state index < -0.39 is 23.3 Å². The lowest BCUT2D eigenvalue weighted by Gasteiger charge is -2.62. The van der Waals surface area contributed by atoms with Crippen LogP contribution in [0.15, 0.2) is 33.5 Å². The van der Waals surface area contributed by atoms with Gasteiger partial charge in [0.05, 0.1) is 17.8 Å². The summed E-state index contributed by atoms with van der Waals surface area (Å²) in [6.07, 6.45) is 6.78. The van der Waals surface area contributed by atoms with Crippen LogP contribution in [0.5, 0.6) is 0 Å². The third-order valence-electron chi connectivity index (χ3n) is 7.35. The highest BCUT2D eigenvalue weighted by atomic mass is 35.5. The zero-order chi connectivity index (χ0) is 22.3. The molecule has 0 saturated heterocycles. The average Bonchev–Trinajstić information content (AvgIpc) is 2.73. The maximum Gasteiger partial charge on any atom is 0.288 e. The van der Waals surface area contributed by atoms with Crippen molar-refractivity contribution in [3.05, 3.63) is 33.8 Å². The van der Waals surface area contributed by atoms with Gasteiger partial charge in [0.25, 0.3) is 11.5 Å². The van der Waals surface area contributed by atoms with Crippen molar-refractivity contribution in [3.63, 3.8) is 0 Å². The number of hydrogen-bond donors (Lipinski definition) is 2. The second kappa shape index (κ2) is 8.18. The van der Waals surface area contributed by atoms with Gasteiger partial charge in [0.1, 0.15) is 11.6 Å². The summed E-state index contributed by atoms with van der Waals surface area (Å²) in [6.45, 7) is 6.71. The highest BCUT2D eigenvalue weighted by Crippen LogP contribution is 2.61. The van der Waals surface area contributed by atoms with E-state index in [9.17, 15) is 14.4 Å². The van der Waals surface area contributed by atoms with Crippen molar-refractivity contribution in [2.24, 2.45) is 39.3 Å². The highest BCUT2D eigenvalue weighted by molar-refractivity contribution is 6.32. The van der Waals surface area contributed by atoms with Gasteiger partial charge in [-0.05, 0) is 42.1 Å². The third kappa shape index (κ3) is 4.03. The number of carbonyl (C=O) groups excluding carboxylic acids is 2. The molecule has 1 aromatic rings. The lowest BCUT2D eigenvalue weighted by molar-refractivity contribution is -0.123. The Kier molecular flexibility index (Phi) is 5.72. The Balaban J connectivity index is 1.37.